The average Bonchev–Trinajstić information content (AvgIpc) is 2.27. The van der Waals surface area contributed by atoms with E-state index in [-0.39, 0.29) is 18.2 Å². The van der Waals surface area contributed by atoms with E-state index in [1.807, 2.05) is 0 Å². The minimum atomic E-state index is -4.58. The molecule has 0 aliphatic carbocycles. The number of hydrogen-bond acceptors (Lipinski definition) is 3. The Kier molecular flexibility index (Phi) is 4.77. The third kappa shape index (κ3) is 4.13. The molecule has 1 aromatic carbocycles. The number of amides is 1. The third-order valence-electron chi connectivity index (χ3n) is 2.42. The Labute approximate surface area is 108 Å². The molecule has 0 heterocycles. The van der Waals surface area contributed by atoms with Crippen LogP contribution in [0.5, 0.6) is 0 Å². The number of carbonyl (C=O) groups is 1. The average molecular weight is 276 g/mol. The fraction of sp³-hybridized carbons (Fsp3) is 0.417. The molecule has 0 aromatic heterocycles. The number of nitrogens with two attached hydrogens (primary N) is 1. The van der Waals surface area contributed by atoms with E-state index < -0.39 is 23.3 Å². The van der Waals surface area contributed by atoms with Crippen molar-refractivity contribution in [3.05, 3.63) is 29.3 Å². The van der Waals surface area contributed by atoms with Gasteiger partial charge in [0.15, 0.2) is 0 Å². The van der Waals surface area contributed by atoms with Gasteiger partial charge in [-0.15, -0.1) is 0 Å². The molecular weight excluding hydrogens is 261 g/mol. The fourth-order valence-corrected chi connectivity index (χ4v) is 1.54. The molecule has 1 amide bonds. The van der Waals surface area contributed by atoms with E-state index in [9.17, 15) is 18.0 Å². The van der Waals surface area contributed by atoms with Crippen LogP contribution in [0.3, 0.4) is 0 Å². The van der Waals surface area contributed by atoms with Gasteiger partial charge in [0.05, 0.1) is 12.2 Å². The first-order chi connectivity index (χ1) is 8.75. The lowest BCUT2D eigenvalue weighted by Crippen LogP contribution is -2.35. The zero-order valence-electron chi connectivity index (χ0n) is 10.5. The summed E-state index contributed by atoms with van der Waals surface area (Å²) in [6.07, 6.45) is -4.58. The SMILES string of the molecule is COCC(C)NC(=O)c1ccc(N)c(C(F)(F)F)c1. The van der Waals surface area contributed by atoms with Crippen LogP contribution in [0, 0.1) is 0 Å². The number of rotatable bonds is 4. The standard InChI is InChI=1S/C12H15F3N2O2/c1-7(6-19-2)17-11(18)8-3-4-10(16)9(5-8)12(13,14)15/h3-5,7H,6,16H2,1-2H3,(H,17,18). The Bertz CT molecular complexity index is 461. The first-order valence-corrected chi connectivity index (χ1v) is 5.52. The fourth-order valence-electron chi connectivity index (χ4n) is 1.54. The number of ether oxygens (including phenoxy) is 1. The van der Waals surface area contributed by atoms with Crippen LogP contribution in [0.4, 0.5) is 18.9 Å². The van der Waals surface area contributed by atoms with Gasteiger partial charge in [0.2, 0.25) is 0 Å². The molecule has 106 valence electrons. The quantitative estimate of drug-likeness (QED) is 0.827. The number of anilines is 1. The van der Waals surface area contributed by atoms with Crippen molar-refractivity contribution in [2.75, 3.05) is 19.5 Å². The molecule has 0 saturated carbocycles. The molecule has 1 unspecified atom stereocenters. The van der Waals surface area contributed by atoms with Gasteiger partial charge in [-0.1, -0.05) is 0 Å². The Hall–Kier alpha value is -1.76. The molecule has 1 rings (SSSR count). The van der Waals surface area contributed by atoms with Crippen LogP contribution in [0.15, 0.2) is 18.2 Å². The second-order valence-electron chi connectivity index (χ2n) is 4.13. The molecule has 4 nitrogen and oxygen atoms in total. The maximum Gasteiger partial charge on any atom is 0.418 e. The van der Waals surface area contributed by atoms with Gasteiger partial charge in [-0.3, -0.25) is 4.79 Å². The summed E-state index contributed by atoms with van der Waals surface area (Å²) in [5.74, 6) is -0.602. The molecule has 7 heteroatoms. The molecule has 0 aliphatic heterocycles. The van der Waals surface area contributed by atoms with Gasteiger partial charge < -0.3 is 15.8 Å². The lowest BCUT2D eigenvalue weighted by Gasteiger charge is -2.15. The number of alkyl halides is 3. The molecule has 0 saturated heterocycles. The number of benzene rings is 1. The van der Waals surface area contributed by atoms with Gasteiger partial charge in [0.1, 0.15) is 0 Å². The van der Waals surface area contributed by atoms with Crippen molar-refractivity contribution in [1.82, 2.24) is 5.32 Å². The maximum atomic E-state index is 12.6. The number of halogens is 3. The summed E-state index contributed by atoms with van der Waals surface area (Å²) in [5.41, 5.74) is 3.74. The Morgan fingerprint density at radius 1 is 1.47 bits per heavy atom. The highest BCUT2D eigenvalue weighted by atomic mass is 19.4. The van der Waals surface area contributed by atoms with E-state index in [1.165, 1.54) is 13.2 Å². The van der Waals surface area contributed by atoms with E-state index in [4.69, 9.17) is 10.5 Å². The van der Waals surface area contributed by atoms with Crippen molar-refractivity contribution in [3.63, 3.8) is 0 Å². The second-order valence-corrected chi connectivity index (χ2v) is 4.13. The van der Waals surface area contributed by atoms with Crippen LogP contribution in [0.1, 0.15) is 22.8 Å². The van der Waals surface area contributed by atoms with Gasteiger partial charge >= 0.3 is 6.18 Å². The minimum absolute atomic E-state index is 0.0931. The first-order valence-electron chi connectivity index (χ1n) is 5.52. The summed E-state index contributed by atoms with van der Waals surface area (Å²) in [6, 6.07) is 2.76. The largest absolute Gasteiger partial charge is 0.418 e. The molecule has 0 fully saturated rings. The predicted octanol–water partition coefficient (Wildman–Crippen LogP) is 2.05. The van der Waals surface area contributed by atoms with E-state index >= 15 is 0 Å². The van der Waals surface area contributed by atoms with Crippen LogP contribution >= 0.6 is 0 Å². The van der Waals surface area contributed by atoms with Crippen molar-refractivity contribution < 1.29 is 22.7 Å². The molecule has 0 aliphatic rings. The summed E-state index contributed by atoms with van der Waals surface area (Å²) >= 11 is 0. The minimum Gasteiger partial charge on any atom is -0.398 e. The molecular formula is C12H15F3N2O2. The molecule has 1 aromatic rings. The maximum absolute atomic E-state index is 12.6. The van der Waals surface area contributed by atoms with E-state index in [0.29, 0.717) is 0 Å². The summed E-state index contributed by atoms with van der Waals surface area (Å²) in [7, 11) is 1.47. The zero-order valence-corrected chi connectivity index (χ0v) is 10.5. The van der Waals surface area contributed by atoms with Crippen LogP contribution in [-0.2, 0) is 10.9 Å². The van der Waals surface area contributed by atoms with Crippen molar-refractivity contribution in [2.45, 2.75) is 19.1 Å². The monoisotopic (exact) mass is 276 g/mol. The number of nitrogens with one attached hydrogen (secondary N) is 1. The second kappa shape index (κ2) is 5.92. The van der Waals surface area contributed by atoms with Crippen molar-refractivity contribution in [3.8, 4) is 0 Å². The van der Waals surface area contributed by atoms with Crippen molar-refractivity contribution in [1.29, 1.82) is 0 Å². The van der Waals surface area contributed by atoms with Gasteiger partial charge in [-0.05, 0) is 25.1 Å². The molecule has 0 bridgehead atoms. The van der Waals surface area contributed by atoms with Gasteiger partial charge in [-0.2, -0.15) is 13.2 Å². The van der Waals surface area contributed by atoms with Crippen LogP contribution < -0.4 is 11.1 Å². The summed E-state index contributed by atoms with van der Waals surface area (Å²) < 4.78 is 42.8. The highest BCUT2D eigenvalue weighted by Gasteiger charge is 2.33. The Balaban J connectivity index is 2.93. The van der Waals surface area contributed by atoms with Crippen molar-refractivity contribution >= 4 is 11.6 Å². The van der Waals surface area contributed by atoms with Crippen LogP contribution in [0.25, 0.3) is 0 Å². The molecule has 0 spiro atoms. The zero-order chi connectivity index (χ0) is 14.6. The molecule has 1 atom stereocenters. The van der Waals surface area contributed by atoms with Gasteiger partial charge in [-0.25, -0.2) is 0 Å². The van der Waals surface area contributed by atoms with Gasteiger partial charge in [0, 0.05) is 24.4 Å². The van der Waals surface area contributed by atoms with Crippen LogP contribution in [0.2, 0.25) is 0 Å². The summed E-state index contributed by atoms with van der Waals surface area (Å²) in [4.78, 5) is 11.7. The number of methoxy groups -OCH3 is 1. The summed E-state index contributed by atoms with van der Waals surface area (Å²) in [6.45, 7) is 1.95. The molecule has 3 N–H and O–H groups in total. The van der Waals surface area contributed by atoms with Crippen molar-refractivity contribution in [2.24, 2.45) is 0 Å². The topological polar surface area (TPSA) is 64.3 Å². The van der Waals surface area contributed by atoms with Gasteiger partial charge in [0.25, 0.3) is 5.91 Å². The van der Waals surface area contributed by atoms with E-state index in [0.717, 1.165) is 12.1 Å². The number of hydrogen-bond donors (Lipinski definition) is 2. The summed E-state index contributed by atoms with van der Waals surface area (Å²) in [5, 5.41) is 2.52. The van der Waals surface area contributed by atoms with E-state index in [1.54, 1.807) is 6.92 Å². The smallest absolute Gasteiger partial charge is 0.398 e. The van der Waals surface area contributed by atoms with E-state index in [2.05, 4.69) is 5.32 Å². The third-order valence-corrected chi connectivity index (χ3v) is 2.42. The molecule has 0 radical (unpaired) electrons. The highest BCUT2D eigenvalue weighted by molar-refractivity contribution is 5.95. The lowest BCUT2D eigenvalue weighted by molar-refractivity contribution is -0.136. The van der Waals surface area contributed by atoms with Crippen LogP contribution in [-0.4, -0.2) is 25.7 Å². The Morgan fingerprint density at radius 3 is 2.63 bits per heavy atom. The lowest BCUT2D eigenvalue weighted by atomic mass is 10.1. The molecule has 19 heavy (non-hydrogen) atoms. The predicted molar refractivity (Wildman–Crippen MR) is 64.7 cm³/mol. The number of carbonyl (C=O) groups excluding carboxylic acids is 1. The number of nitrogen functional groups attached to an aromatic ring is 1. The normalized spacial score (nSPS) is 13.1. The highest BCUT2D eigenvalue weighted by Crippen LogP contribution is 2.33. The Morgan fingerprint density at radius 2 is 2.11 bits per heavy atom. The first kappa shape index (κ1) is 15.3.